The fraction of sp³-hybridized carbons (Fsp3) is 0.174. The van der Waals surface area contributed by atoms with Crippen molar-refractivity contribution in [3.05, 3.63) is 89.2 Å². The number of pyridine rings is 1. The number of anilines is 2. The molecule has 3 aromatic rings. The van der Waals surface area contributed by atoms with Crippen LogP contribution < -0.4 is 16.0 Å². The average molecular weight is 423 g/mol. The summed E-state index contributed by atoms with van der Waals surface area (Å²) < 4.78 is 0. The zero-order valence-corrected chi connectivity index (χ0v) is 17.3. The summed E-state index contributed by atoms with van der Waals surface area (Å²) in [5.74, 6) is -0.342. The Morgan fingerprint density at radius 2 is 1.73 bits per heavy atom. The third-order valence-electron chi connectivity index (χ3n) is 4.69. The van der Waals surface area contributed by atoms with E-state index in [4.69, 9.17) is 17.3 Å². The number of amides is 2. The molecule has 0 radical (unpaired) electrons. The van der Waals surface area contributed by atoms with E-state index < -0.39 is 6.04 Å². The van der Waals surface area contributed by atoms with Crippen molar-refractivity contribution < 1.29 is 9.59 Å². The van der Waals surface area contributed by atoms with Crippen LogP contribution in [0.4, 0.5) is 11.4 Å². The second-order valence-electron chi connectivity index (χ2n) is 6.71. The Morgan fingerprint density at radius 3 is 2.37 bits per heavy atom. The number of halogens is 1. The van der Waals surface area contributed by atoms with Gasteiger partial charge in [-0.25, -0.2) is 0 Å². The number of nitrogens with zero attached hydrogens (tertiary/aromatic N) is 2. The van der Waals surface area contributed by atoms with Crippen LogP contribution in [0.1, 0.15) is 35.3 Å². The summed E-state index contributed by atoms with van der Waals surface area (Å²) in [4.78, 5) is 30.7. The highest BCUT2D eigenvalue weighted by Crippen LogP contribution is 2.27. The minimum atomic E-state index is -0.494. The lowest BCUT2D eigenvalue weighted by Gasteiger charge is -2.24. The first-order chi connectivity index (χ1) is 14.5. The normalized spacial score (nSPS) is 11.6. The van der Waals surface area contributed by atoms with Crippen LogP contribution in [0.3, 0.4) is 0 Å². The number of para-hydroxylation sites is 1. The predicted octanol–water partition coefficient (Wildman–Crippen LogP) is 4.43. The Morgan fingerprint density at radius 1 is 1.07 bits per heavy atom. The first kappa shape index (κ1) is 21.5. The molecule has 0 saturated heterocycles. The molecule has 1 heterocycles. The molecule has 2 aromatic carbocycles. The van der Waals surface area contributed by atoms with E-state index in [-0.39, 0.29) is 18.2 Å². The number of aromatic nitrogens is 1. The molecular weight excluding hydrogens is 400 g/mol. The molecule has 0 aliphatic rings. The minimum Gasteiger partial charge on any atom is -0.324 e. The second-order valence-corrected chi connectivity index (χ2v) is 7.12. The van der Waals surface area contributed by atoms with E-state index in [1.54, 1.807) is 59.8 Å². The van der Waals surface area contributed by atoms with Gasteiger partial charge in [-0.15, -0.1) is 0 Å². The quantitative estimate of drug-likeness (QED) is 0.589. The molecule has 0 saturated carbocycles. The molecule has 154 valence electrons. The lowest BCUT2D eigenvalue weighted by Crippen LogP contribution is -2.33. The van der Waals surface area contributed by atoms with E-state index in [2.05, 4.69) is 10.3 Å². The molecule has 6 nitrogen and oxygen atoms in total. The SMILES string of the molecule is CCN(C(=O)CC(N)c1ccc(C(=O)Nc2ccncc2)cc1)c1ccccc1Cl. The molecule has 3 rings (SSSR count). The van der Waals surface area contributed by atoms with Crippen LogP contribution >= 0.6 is 11.6 Å². The van der Waals surface area contributed by atoms with Crippen molar-refractivity contribution in [1.29, 1.82) is 0 Å². The van der Waals surface area contributed by atoms with Crippen molar-refractivity contribution in [3.8, 4) is 0 Å². The molecule has 1 atom stereocenters. The van der Waals surface area contributed by atoms with E-state index in [1.807, 2.05) is 25.1 Å². The van der Waals surface area contributed by atoms with Gasteiger partial charge < -0.3 is 16.0 Å². The molecule has 3 N–H and O–H groups in total. The van der Waals surface area contributed by atoms with Crippen molar-refractivity contribution in [2.45, 2.75) is 19.4 Å². The molecule has 0 aliphatic heterocycles. The first-order valence-electron chi connectivity index (χ1n) is 9.61. The zero-order chi connectivity index (χ0) is 21.5. The van der Waals surface area contributed by atoms with Crippen molar-refractivity contribution >= 4 is 34.8 Å². The Balaban J connectivity index is 1.65. The lowest BCUT2D eigenvalue weighted by molar-refractivity contribution is -0.118. The van der Waals surface area contributed by atoms with Gasteiger partial charge in [-0.05, 0) is 48.9 Å². The minimum absolute atomic E-state index is 0.113. The zero-order valence-electron chi connectivity index (χ0n) is 16.6. The Bertz CT molecular complexity index is 1010. The molecule has 0 aliphatic carbocycles. The number of hydrogen-bond acceptors (Lipinski definition) is 4. The Kier molecular flexibility index (Phi) is 7.17. The Hall–Kier alpha value is -3.22. The molecule has 0 spiro atoms. The lowest BCUT2D eigenvalue weighted by atomic mass is 10.0. The largest absolute Gasteiger partial charge is 0.324 e. The molecule has 2 amide bonds. The maximum Gasteiger partial charge on any atom is 0.255 e. The highest BCUT2D eigenvalue weighted by molar-refractivity contribution is 6.33. The van der Waals surface area contributed by atoms with Crippen LogP contribution in [0.15, 0.2) is 73.1 Å². The van der Waals surface area contributed by atoms with Gasteiger partial charge in [0.1, 0.15) is 0 Å². The third-order valence-corrected chi connectivity index (χ3v) is 5.01. The molecule has 7 heteroatoms. The van der Waals surface area contributed by atoms with Gasteiger partial charge in [0.15, 0.2) is 0 Å². The van der Waals surface area contributed by atoms with Crippen molar-refractivity contribution in [1.82, 2.24) is 4.98 Å². The number of nitrogens with one attached hydrogen (secondary N) is 1. The fourth-order valence-electron chi connectivity index (χ4n) is 3.09. The van der Waals surface area contributed by atoms with Gasteiger partial charge in [-0.3, -0.25) is 14.6 Å². The molecule has 30 heavy (non-hydrogen) atoms. The number of carbonyl (C=O) groups is 2. The third kappa shape index (κ3) is 5.23. The molecule has 0 bridgehead atoms. The molecular formula is C23H23ClN4O2. The summed E-state index contributed by atoms with van der Waals surface area (Å²) in [7, 11) is 0. The van der Waals surface area contributed by atoms with Crippen LogP contribution in [0.25, 0.3) is 0 Å². The first-order valence-corrected chi connectivity index (χ1v) is 9.99. The van der Waals surface area contributed by atoms with E-state index in [9.17, 15) is 9.59 Å². The summed E-state index contributed by atoms with van der Waals surface area (Å²) in [6, 6.07) is 17.1. The number of carbonyl (C=O) groups excluding carboxylic acids is 2. The summed E-state index contributed by atoms with van der Waals surface area (Å²) in [6.45, 7) is 2.38. The Labute approximate surface area is 180 Å². The summed E-state index contributed by atoms with van der Waals surface area (Å²) in [6.07, 6.45) is 3.34. The standard InChI is InChI=1S/C23H23ClN4O2/c1-2-28(21-6-4-3-5-19(21)24)22(29)15-20(25)16-7-9-17(10-8-16)23(30)27-18-11-13-26-14-12-18/h3-14,20H,2,15,25H2,1H3,(H,26,27,30). The number of hydrogen-bond donors (Lipinski definition) is 2. The van der Waals surface area contributed by atoms with Crippen LogP contribution in [0, 0.1) is 0 Å². The highest BCUT2D eigenvalue weighted by atomic mass is 35.5. The van der Waals surface area contributed by atoms with E-state index >= 15 is 0 Å². The van der Waals surface area contributed by atoms with Gasteiger partial charge in [0, 0.05) is 42.7 Å². The highest BCUT2D eigenvalue weighted by Gasteiger charge is 2.20. The van der Waals surface area contributed by atoms with Crippen LogP contribution in [-0.4, -0.2) is 23.3 Å². The van der Waals surface area contributed by atoms with Gasteiger partial charge >= 0.3 is 0 Å². The summed E-state index contributed by atoms with van der Waals surface area (Å²) in [5.41, 5.74) is 8.88. The van der Waals surface area contributed by atoms with Gasteiger partial charge in [0.05, 0.1) is 10.7 Å². The number of benzene rings is 2. The maximum atomic E-state index is 12.8. The van der Waals surface area contributed by atoms with Gasteiger partial charge in [0.2, 0.25) is 5.91 Å². The van der Waals surface area contributed by atoms with Crippen molar-refractivity contribution in [2.75, 3.05) is 16.8 Å². The van der Waals surface area contributed by atoms with Gasteiger partial charge in [-0.1, -0.05) is 35.9 Å². The van der Waals surface area contributed by atoms with Crippen molar-refractivity contribution in [3.63, 3.8) is 0 Å². The monoisotopic (exact) mass is 422 g/mol. The topological polar surface area (TPSA) is 88.3 Å². The van der Waals surface area contributed by atoms with Gasteiger partial charge in [0.25, 0.3) is 5.91 Å². The van der Waals surface area contributed by atoms with Crippen LogP contribution in [0.5, 0.6) is 0 Å². The fourth-order valence-corrected chi connectivity index (χ4v) is 3.33. The second kappa shape index (κ2) is 10.0. The van der Waals surface area contributed by atoms with Crippen LogP contribution in [0.2, 0.25) is 5.02 Å². The number of nitrogens with two attached hydrogens (primary N) is 1. The molecule has 1 aromatic heterocycles. The van der Waals surface area contributed by atoms with E-state index in [1.165, 1.54) is 0 Å². The average Bonchev–Trinajstić information content (AvgIpc) is 2.76. The van der Waals surface area contributed by atoms with Crippen molar-refractivity contribution in [2.24, 2.45) is 5.73 Å². The summed E-state index contributed by atoms with van der Waals surface area (Å²) >= 11 is 6.23. The number of rotatable bonds is 7. The molecule has 1 unspecified atom stereocenters. The predicted molar refractivity (Wildman–Crippen MR) is 120 cm³/mol. The molecule has 0 fully saturated rings. The van der Waals surface area contributed by atoms with Gasteiger partial charge in [-0.2, -0.15) is 0 Å². The maximum absolute atomic E-state index is 12.8. The van der Waals surface area contributed by atoms with E-state index in [0.29, 0.717) is 28.5 Å². The van der Waals surface area contributed by atoms with E-state index in [0.717, 1.165) is 5.56 Å². The summed E-state index contributed by atoms with van der Waals surface area (Å²) in [5, 5.41) is 3.32. The van der Waals surface area contributed by atoms with Crippen LogP contribution in [-0.2, 0) is 4.79 Å². The smallest absolute Gasteiger partial charge is 0.255 e.